The average Bonchev–Trinajstić information content (AvgIpc) is 2.76. The summed E-state index contributed by atoms with van der Waals surface area (Å²) in [5.41, 5.74) is 3.42. The molecule has 2 heteroatoms. The summed E-state index contributed by atoms with van der Waals surface area (Å²) in [5, 5.41) is 20.4. The summed E-state index contributed by atoms with van der Waals surface area (Å²) in [4.78, 5) is 0. The molecule has 2 saturated carbocycles. The van der Waals surface area contributed by atoms with Gasteiger partial charge in [0.25, 0.3) is 0 Å². The first kappa shape index (κ1) is 14.0. The summed E-state index contributed by atoms with van der Waals surface area (Å²) in [6, 6.07) is 0. The first-order valence-corrected chi connectivity index (χ1v) is 8.73. The summed E-state index contributed by atoms with van der Waals surface area (Å²) in [6.45, 7) is 4.71. The molecule has 4 rings (SSSR count). The average molecular weight is 288 g/mol. The number of fused-ring (bicyclic) bond motifs is 5. The molecule has 0 aromatic carbocycles. The van der Waals surface area contributed by atoms with E-state index in [0.717, 1.165) is 32.1 Å². The maximum Gasteiger partial charge on any atom is 0.0724 e. The topological polar surface area (TPSA) is 40.5 Å². The van der Waals surface area contributed by atoms with Gasteiger partial charge in [0.2, 0.25) is 0 Å². The van der Waals surface area contributed by atoms with E-state index in [0.29, 0.717) is 11.8 Å². The monoisotopic (exact) mass is 288 g/mol. The number of hydrogen-bond acceptors (Lipinski definition) is 2. The molecular formula is C19H28O2. The maximum atomic E-state index is 10.4. The predicted octanol–water partition coefficient (Wildman–Crippen LogP) is 3.59. The Kier molecular flexibility index (Phi) is 2.97. The van der Waals surface area contributed by atoms with E-state index >= 15 is 0 Å². The molecular weight excluding hydrogens is 260 g/mol. The quantitative estimate of drug-likeness (QED) is 0.669. The highest BCUT2D eigenvalue weighted by atomic mass is 16.3. The second-order valence-electron chi connectivity index (χ2n) is 8.34. The highest BCUT2D eigenvalue weighted by Crippen LogP contribution is 2.63. The van der Waals surface area contributed by atoms with Crippen LogP contribution in [0, 0.1) is 22.7 Å². The zero-order valence-electron chi connectivity index (χ0n) is 13.3. The molecule has 0 bridgehead atoms. The summed E-state index contributed by atoms with van der Waals surface area (Å²) in [7, 11) is 0. The van der Waals surface area contributed by atoms with Gasteiger partial charge in [0.15, 0.2) is 0 Å². The Balaban J connectivity index is 1.75. The fourth-order valence-corrected chi connectivity index (χ4v) is 5.98. The largest absolute Gasteiger partial charge is 0.393 e. The minimum atomic E-state index is -0.229. The lowest BCUT2D eigenvalue weighted by Crippen LogP contribution is -2.45. The molecule has 0 unspecified atom stereocenters. The van der Waals surface area contributed by atoms with E-state index in [2.05, 4.69) is 26.0 Å². The van der Waals surface area contributed by atoms with Gasteiger partial charge in [-0.05, 0) is 56.8 Å². The van der Waals surface area contributed by atoms with Crippen molar-refractivity contribution < 1.29 is 10.2 Å². The van der Waals surface area contributed by atoms with Gasteiger partial charge < -0.3 is 10.2 Å². The zero-order chi connectivity index (χ0) is 14.8. The minimum absolute atomic E-state index is 0.111. The van der Waals surface area contributed by atoms with Crippen LogP contribution in [0.25, 0.3) is 0 Å². The summed E-state index contributed by atoms with van der Waals surface area (Å²) in [6.07, 6.45) is 11.8. The smallest absolute Gasteiger partial charge is 0.0724 e. The summed E-state index contributed by atoms with van der Waals surface area (Å²) in [5.74, 6) is 1.33. The zero-order valence-corrected chi connectivity index (χ0v) is 13.3. The molecule has 2 N–H and O–H groups in total. The van der Waals surface area contributed by atoms with E-state index in [1.54, 1.807) is 5.57 Å². The van der Waals surface area contributed by atoms with E-state index < -0.39 is 0 Å². The van der Waals surface area contributed by atoms with Crippen molar-refractivity contribution in [2.24, 2.45) is 22.7 Å². The van der Waals surface area contributed by atoms with Crippen molar-refractivity contribution in [1.82, 2.24) is 0 Å². The van der Waals surface area contributed by atoms with Crippen molar-refractivity contribution in [3.8, 4) is 0 Å². The minimum Gasteiger partial charge on any atom is -0.393 e. The lowest BCUT2D eigenvalue weighted by Gasteiger charge is -2.53. The SMILES string of the molecule is C[C@]12CC[C@H](O)C=C1CC[C@@H]1C2=CC[C@]2(C)[C@@H](O)CC[C@@H]12. The molecule has 116 valence electrons. The van der Waals surface area contributed by atoms with Crippen LogP contribution >= 0.6 is 0 Å². The molecule has 21 heavy (non-hydrogen) atoms. The van der Waals surface area contributed by atoms with Gasteiger partial charge in [-0.15, -0.1) is 0 Å². The highest BCUT2D eigenvalue weighted by Gasteiger charge is 2.55. The van der Waals surface area contributed by atoms with Gasteiger partial charge in [0.05, 0.1) is 12.2 Å². The molecule has 0 amide bonds. The van der Waals surface area contributed by atoms with Crippen LogP contribution in [0.3, 0.4) is 0 Å². The Hall–Kier alpha value is -0.600. The Bertz CT molecular complexity index is 520. The van der Waals surface area contributed by atoms with Crippen LogP contribution in [0.15, 0.2) is 23.3 Å². The van der Waals surface area contributed by atoms with Crippen molar-refractivity contribution in [3.63, 3.8) is 0 Å². The number of rotatable bonds is 0. The first-order valence-electron chi connectivity index (χ1n) is 8.73. The van der Waals surface area contributed by atoms with Gasteiger partial charge in [-0.25, -0.2) is 0 Å². The van der Waals surface area contributed by atoms with Gasteiger partial charge in [0.1, 0.15) is 0 Å². The van der Waals surface area contributed by atoms with Crippen LogP contribution in [-0.4, -0.2) is 22.4 Å². The van der Waals surface area contributed by atoms with Gasteiger partial charge >= 0.3 is 0 Å². The van der Waals surface area contributed by atoms with Crippen molar-refractivity contribution in [2.75, 3.05) is 0 Å². The lowest BCUT2D eigenvalue weighted by molar-refractivity contribution is 0.0121. The molecule has 0 radical (unpaired) electrons. The van der Waals surface area contributed by atoms with Crippen LogP contribution in [0.1, 0.15) is 58.8 Å². The Morgan fingerprint density at radius 1 is 1.10 bits per heavy atom. The van der Waals surface area contributed by atoms with E-state index in [1.807, 2.05) is 0 Å². The number of hydrogen-bond donors (Lipinski definition) is 2. The van der Waals surface area contributed by atoms with Gasteiger partial charge in [0, 0.05) is 10.8 Å². The third-order valence-corrected chi connectivity index (χ3v) is 7.41. The molecule has 4 aliphatic rings. The second kappa shape index (κ2) is 4.45. The third kappa shape index (κ3) is 1.78. The molecule has 0 aliphatic heterocycles. The van der Waals surface area contributed by atoms with Crippen molar-refractivity contribution >= 4 is 0 Å². The predicted molar refractivity (Wildman–Crippen MR) is 83.7 cm³/mol. The molecule has 0 spiro atoms. The van der Waals surface area contributed by atoms with Gasteiger partial charge in [-0.2, -0.15) is 0 Å². The Morgan fingerprint density at radius 2 is 1.90 bits per heavy atom. The van der Waals surface area contributed by atoms with Crippen LogP contribution in [0.5, 0.6) is 0 Å². The van der Waals surface area contributed by atoms with Gasteiger partial charge in [-0.3, -0.25) is 0 Å². The first-order chi connectivity index (χ1) is 9.95. The fourth-order valence-electron chi connectivity index (χ4n) is 5.98. The van der Waals surface area contributed by atoms with Crippen LogP contribution in [-0.2, 0) is 0 Å². The molecule has 0 saturated heterocycles. The summed E-state index contributed by atoms with van der Waals surface area (Å²) >= 11 is 0. The molecule has 0 heterocycles. The van der Waals surface area contributed by atoms with E-state index in [9.17, 15) is 10.2 Å². The number of aliphatic hydroxyl groups is 2. The van der Waals surface area contributed by atoms with E-state index in [4.69, 9.17) is 0 Å². The molecule has 2 nitrogen and oxygen atoms in total. The van der Waals surface area contributed by atoms with Crippen molar-refractivity contribution in [1.29, 1.82) is 0 Å². The normalized spacial score (nSPS) is 52.4. The molecule has 0 aromatic heterocycles. The highest BCUT2D eigenvalue weighted by molar-refractivity contribution is 5.39. The summed E-state index contributed by atoms with van der Waals surface area (Å²) < 4.78 is 0. The standard InChI is InChI=1S/C19H28O2/c1-18-9-7-13(20)11-12(18)3-4-14-15-5-6-17(21)19(15,2)10-8-16(14)18/h8,11,13-15,17,20-21H,3-7,9-10H2,1-2H3/t13-,14-,15-,17-,18-,19-/m0/s1. The second-order valence-corrected chi connectivity index (χ2v) is 8.34. The number of allylic oxidation sites excluding steroid dienone is 3. The van der Waals surface area contributed by atoms with E-state index in [-0.39, 0.29) is 23.0 Å². The fraction of sp³-hybridized carbons (Fsp3) is 0.789. The molecule has 0 aromatic rings. The van der Waals surface area contributed by atoms with Gasteiger partial charge in [-0.1, -0.05) is 37.1 Å². The van der Waals surface area contributed by atoms with Crippen molar-refractivity contribution in [3.05, 3.63) is 23.3 Å². The third-order valence-electron chi connectivity index (χ3n) is 7.41. The molecule has 2 fully saturated rings. The van der Waals surface area contributed by atoms with Crippen LogP contribution < -0.4 is 0 Å². The molecule has 4 aliphatic carbocycles. The van der Waals surface area contributed by atoms with Crippen molar-refractivity contribution in [2.45, 2.75) is 71.0 Å². The maximum absolute atomic E-state index is 10.4. The molecule has 6 atom stereocenters. The Morgan fingerprint density at radius 3 is 2.71 bits per heavy atom. The lowest BCUT2D eigenvalue weighted by atomic mass is 9.52. The van der Waals surface area contributed by atoms with Crippen LogP contribution in [0.4, 0.5) is 0 Å². The Labute approximate surface area is 127 Å². The number of aliphatic hydroxyl groups excluding tert-OH is 2. The van der Waals surface area contributed by atoms with Crippen LogP contribution in [0.2, 0.25) is 0 Å². The van der Waals surface area contributed by atoms with E-state index in [1.165, 1.54) is 18.4 Å².